The van der Waals surface area contributed by atoms with E-state index in [1.807, 2.05) is 19.9 Å². The third-order valence-electron chi connectivity index (χ3n) is 3.05. The largest absolute Gasteiger partial charge is 0.405 e. The molecule has 2 rings (SSSR count). The van der Waals surface area contributed by atoms with Gasteiger partial charge in [0.15, 0.2) is 0 Å². The lowest BCUT2D eigenvalue weighted by molar-refractivity contribution is 0.313. The smallest absolute Gasteiger partial charge is 0.0367 e. The molecule has 2 N–H and O–H groups in total. The molecule has 100 valence electrons. The molecule has 0 radical (unpaired) electrons. The highest BCUT2D eigenvalue weighted by atomic mass is 15.2. The van der Waals surface area contributed by atoms with E-state index in [0.717, 1.165) is 31.7 Å². The maximum Gasteiger partial charge on any atom is 0.0367 e. The van der Waals surface area contributed by atoms with Gasteiger partial charge in [-0.1, -0.05) is 26.0 Å². The van der Waals surface area contributed by atoms with Crippen molar-refractivity contribution >= 4 is 11.8 Å². The van der Waals surface area contributed by atoms with Crippen molar-refractivity contribution in [1.29, 1.82) is 0 Å². The molecule has 1 fully saturated rings. The maximum absolute atomic E-state index is 5.36. The van der Waals surface area contributed by atoms with Crippen LogP contribution < -0.4 is 10.6 Å². The summed E-state index contributed by atoms with van der Waals surface area (Å²) in [5.41, 5.74) is 7.82. The Hall–Kier alpha value is -1.48. The van der Waals surface area contributed by atoms with Crippen molar-refractivity contribution < 1.29 is 0 Å². The number of hydrogen-bond donors (Lipinski definition) is 1. The average Bonchev–Trinajstić information content (AvgIpc) is 2.43. The standard InChI is InChI=1S/C13H19N3.C2H6/c1-15-8-10-16(11-9-15)13-4-2-12(3-5-13)6-7-14;1-2/h2-7H,8-11,14H2,1H3;1-2H3/b7-6+;. The molecule has 0 bridgehead atoms. The van der Waals surface area contributed by atoms with Crippen molar-refractivity contribution in [1.82, 2.24) is 4.90 Å². The monoisotopic (exact) mass is 247 g/mol. The van der Waals surface area contributed by atoms with E-state index in [-0.39, 0.29) is 0 Å². The number of anilines is 1. The van der Waals surface area contributed by atoms with Crippen LogP contribution in [-0.4, -0.2) is 38.1 Å². The number of likely N-dealkylation sites (N-methyl/N-ethyl adjacent to an activating group) is 1. The lowest BCUT2D eigenvalue weighted by atomic mass is 10.2. The predicted octanol–water partition coefficient (Wildman–Crippen LogP) is 2.39. The third kappa shape index (κ3) is 4.08. The minimum absolute atomic E-state index is 1.11. The average molecular weight is 247 g/mol. The van der Waals surface area contributed by atoms with Crippen LogP contribution in [0.25, 0.3) is 6.08 Å². The van der Waals surface area contributed by atoms with Crippen LogP contribution in [0.1, 0.15) is 19.4 Å². The lowest BCUT2D eigenvalue weighted by Gasteiger charge is -2.34. The Bertz CT molecular complexity index is 349. The van der Waals surface area contributed by atoms with Crippen LogP contribution >= 0.6 is 0 Å². The Labute approximate surface area is 111 Å². The van der Waals surface area contributed by atoms with Crippen molar-refractivity contribution in [2.24, 2.45) is 5.73 Å². The van der Waals surface area contributed by atoms with Crippen LogP contribution in [0.3, 0.4) is 0 Å². The minimum Gasteiger partial charge on any atom is -0.405 e. The fourth-order valence-electron chi connectivity index (χ4n) is 1.97. The number of nitrogens with two attached hydrogens (primary N) is 1. The topological polar surface area (TPSA) is 32.5 Å². The second-order valence-electron chi connectivity index (χ2n) is 4.24. The maximum atomic E-state index is 5.36. The van der Waals surface area contributed by atoms with E-state index in [9.17, 15) is 0 Å². The Morgan fingerprint density at radius 2 is 1.56 bits per heavy atom. The van der Waals surface area contributed by atoms with Gasteiger partial charge < -0.3 is 15.5 Å². The molecule has 1 saturated heterocycles. The molecule has 3 heteroatoms. The molecule has 1 heterocycles. The number of benzene rings is 1. The van der Waals surface area contributed by atoms with E-state index >= 15 is 0 Å². The second kappa shape index (κ2) is 7.77. The normalized spacial score (nSPS) is 16.5. The van der Waals surface area contributed by atoms with Crippen LogP contribution in [0.4, 0.5) is 5.69 Å². The summed E-state index contributed by atoms with van der Waals surface area (Å²) >= 11 is 0. The number of piperazine rings is 1. The quantitative estimate of drug-likeness (QED) is 0.871. The Balaban J connectivity index is 0.000000771. The molecule has 18 heavy (non-hydrogen) atoms. The molecule has 0 aromatic heterocycles. The highest BCUT2D eigenvalue weighted by molar-refractivity contribution is 5.55. The van der Waals surface area contributed by atoms with E-state index < -0.39 is 0 Å². The van der Waals surface area contributed by atoms with E-state index in [2.05, 4.69) is 41.1 Å². The molecule has 3 nitrogen and oxygen atoms in total. The first-order chi connectivity index (χ1) is 8.79. The summed E-state index contributed by atoms with van der Waals surface area (Å²) in [6.45, 7) is 8.51. The van der Waals surface area contributed by atoms with Crippen molar-refractivity contribution in [2.45, 2.75) is 13.8 Å². The Morgan fingerprint density at radius 1 is 1.00 bits per heavy atom. The first-order valence-corrected chi connectivity index (χ1v) is 6.71. The number of nitrogens with zero attached hydrogens (tertiary/aromatic N) is 2. The highest BCUT2D eigenvalue weighted by Crippen LogP contribution is 2.17. The van der Waals surface area contributed by atoms with Crippen molar-refractivity contribution in [3.05, 3.63) is 36.0 Å². The van der Waals surface area contributed by atoms with Crippen LogP contribution in [-0.2, 0) is 0 Å². The number of rotatable bonds is 2. The summed E-state index contributed by atoms with van der Waals surface area (Å²) in [7, 11) is 2.17. The van der Waals surface area contributed by atoms with E-state index in [4.69, 9.17) is 5.73 Å². The fourth-order valence-corrected chi connectivity index (χ4v) is 1.97. The first kappa shape index (κ1) is 14.6. The van der Waals surface area contributed by atoms with Gasteiger partial charge in [0.2, 0.25) is 0 Å². The summed E-state index contributed by atoms with van der Waals surface area (Å²) in [6, 6.07) is 8.55. The predicted molar refractivity (Wildman–Crippen MR) is 80.7 cm³/mol. The minimum atomic E-state index is 1.11. The molecule has 0 aliphatic carbocycles. The molecule has 0 saturated carbocycles. The van der Waals surface area contributed by atoms with Gasteiger partial charge in [0.1, 0.15) is 0 Å². The van der Waals surface area contributed by atoms with Gasteiger partial charge >= 0.3 is 0 Å². The molecule has 0 unspecified atom stereocenters. The molecule has 0 spiro atoms. The molecular formula is C15H25N3. The first-order valence-electron chi connectivity index (χ1n) is 6.71. The SMILES string of the molecule is CC.CN1CCN(c2ccc(/C=C/N)cc2)CC1. The summed E-state index contributed by atoms with van der Waals surface area (Å²) < 4.78 is 0. The molecule has 1 aliphatic rings. The van der Waals surface area contributed by atoms with E-state index in [1.165, 1.54) is 5.69 Å². The van der Waals surface area contributed by atoms with Gasteiger partial charge in [0, 0.05) is 31.9 Å². The zero-order chi connectivity index (χ0) is 13.4. The summed E-state index contributed by atoms with van der Waals surface area (Å²) in [4.78, 5) is 4.79. The molecule has 1 aliphatic heterocycles. The lowest BCUT2D eigenvalue weighted by Crippen LogP contribution is -2.44. The molecule has 1 aromatic carbocycles. The summed E-state index contributed by atoms with van der Waals surface area (Å²) in [6.07, 6.45) is 3.48. The summed E-state index contributed by atoms with van der Waals surface area (Å²) in [5, 5.41) is 0. The van der Waals surface area contributed by atoms with Crippen molar-refractivity contribution in [3.63, 3.8) is 0 Å². The Morgan fingerprint density at radius 3 is 2.06 bits per heavy atom. The highest BCUT2D eigenvalue weighted by Gasteiger charge is 2.13. The van der Waals surface area contributed by atoms with Gasteiger partial charge in [-0.25, -0.2) is 0 Å². The van der Waals surface area contributed by atoms with Crippen LogP contribution in [0.5, 0.6) is 0 Å². The van der Waals surface area contributed by atoms with Crippen LogP contribution in [0, 0.1) is 0 Å². The fraction of sp³-hybridized carbons (Fsp3) is 0.467. The van der Waals surface area contributed by atoms with Crippen molar-refractivity contribution in [2.75, 3.05) is 38.1 Å². The van der Waals surface area contributed by atoms with E-state index in [0.29, 0.717) is 0 Å². The van der Waals surface area contributed by atoms with Gasteiger partial charge in [0.05, 0.1) is 0 Å². The van der Waals surface area contributed by atoms with Crippen molar-refractivity contribution in [3.8, 4) is 0 Å². The van der Waals surface area contributed by atoms with Gasteiger partial charge in [-0.3, -0.25) is 0 Å². The second-order valence-corrected chi connectivity index (χ2v) is 4.24. The molecule has 0 atom stereocenters. The van der Waals surface area contributed by atoms with Crippen LogP contribution in [0.2, 0.25) is 0 Å². The zero-order valence-corrected chi connectivity index (χ0v) is 11.8. The van der Waals surface area contributed by atoms with Gasteiger partial charge in [-0.2, -0.15) is 0 Å². The zero-order valence-electron chi connectivity index (χ0n) is 11.8. The molecular weight excluding hydrogens is 222 g/mol. The van der Waals surface area contributed by atoms with Gasteiger partial charge in [-0.15, -0.1) is 0 Å². The Kier molecular flexibility index (Phi) is 6.29. The molecule has 1 aromatic rings. The number of hydrogen-bond acceptors (Lipinski definition) is 3. The van der Waals surface area contributed by atoms with Crippen LogP contribution in [0.15, 0.2) is 30.5 Å². The summed E-state index contributed by atoms with van der Waals surface area (Å²) in [5.74, 6) is 0. The third-order valence-corrected chi connectivity index (χ3v) is 3.05. The molecule has 0 amide bonds. The van der Waals surface area contributed by atoms with Gasteiger partial charge in [0.25, 0.3) is 0 Å². The van der Waals surface area contributed by atoms with E-state index in [1.54, 1.807) is 6.20 Å². The van der Waals surface area contributed by atoms with Gasteiger partial charge in [-0.05, 0) is 37.0 Å².